The Bertz CT molecular complexity index is 754. The average molecular weight is 378 g/mol. The minimum absolute atomic E-state index is 0.0721. The van der Waals surface area contributed by atoms with Crippen LogP contribution in [0.4, 0.5) is 24.7 Å². The highest BCUT2D eigenvalue weighted by Gasteiger charge is 2.51. The predicted molar refractivity (Wildman–Crippen MR) is 89.0 cm³/mol. The molecule has 0 bridgehead atoms. The molecule has 3 heterocycles. The summed E-state index contributed by atoms with van der Waals surface area (Å²) in [7, 11) is -3.50. The van der Waals surface area contributed by atoms with Crippen LogP contribution in [0.1, 0.15) is 18.9 Å². The second-order valence-corrected chi connectivity index (χ2v) is 8.52. The van der Waals surface area contributed by atoms with Gasteiger partial charge in [-0.05, 0) is 24.8 Å². The van der Waals surface area contributed by atoms with E-state index >= 15 is 0 Å². The fraction of sp³-hybridized carbons (Fsp3) is 0.667. The number of hydrogen-bond donors (Lipinski definition) is 1. The minimum Gasteiger partial charge on any atom is -0.370 e. The topological polar surface area (TPSA) is 65.5 Å². The third-order valence-electron chi connectivity index (χ3n) is 5.09. The van der Waals surface area contributed by atoms with Gasteiger partial charge in [0, 0.05) is 50.2 Å². The molecule has 6 nitrogen and oxygen atoms in total. The van der Waals surface area contributed by atoms with Crippen molar-refractivity contribution in [1.29, 1.82) is 0 Å². The summed E-state index contributed by atoms with van der Waals surface area (Å²) in [5.41, 5.74) is -3.36. The van der Waals surface area contributed by atoms with Crippen LogP contribution in [0.3, 0.4) is 0 Å². The van der Waals surface area contributed by atoms with Crippen molar-refractivity contribution in [2.75, 3.05) is 36.9 Å². The summed E-state index contributed by atoms with van der Waals surface area (Å²) in [6.45, 7) is 2.42. The van der Waals surface area contributed by atoms with E-state index in [2.05, 4.69) is 10.3 Å². The van der Waals surface area contributed by atoms with Gasteiger partial charge in [0.2, 0.25) is 0 Å². The molecule has 2 aliphatic heterocycles. The normalized spacial score (nSPS) is 24.7. The van der Waals surface area contributed by atoms with E-state index in [1.807, 2.05) is 17.9 Å². The maximum atomic E-state index is 12.9. The molecular formula is C15H21F3N4O2S. The van der Waals surface area contributed by atoms with Crippen molar-refractivity contribution in [2.45, 2.75) is 31.3 Å². The Morgan fingerprint density at radius 1 is 1.40 bits per heavy atom. The monoisotopic (exact) mass is 378 g/mol. The Labute approximate surface area is 145 Å². The second-order valence-electron chi connectivity index (χ2n) is 6.59. The molecule has 1 aromatic heterocycles. The van der Waals surface area contributed by atoms with Crippen molar-refractivity contribution in [1.82, 2.24) is 9.29 Å². The van der Waals surface area contributed by atoms with Crippen LogP contribution in [0.2, 0.25) is 0 Å². The summed E-state index contributed by atoms with van der Waals surface area (Å²) < 4.78 is 62.8. The molecule has 3 rings (SSSR count). The molecule has 0 amide bonds. The Morgan fingerprint density at radius 3 is 2.80 bits per heavy atom. The van der Waals surface area contributed by atoms with Crippen LogP contribution in [-0.2, 0) is 16.4 Å². The number of pyridine rings is 1. The first-order valence-electron chi connectivity index (χ1n) is 8.14. The zero-order chi connectivity index (χ0) is 18.4. The van der Waals surface area contributed by atoms with Gasteiger partial charge in [-0.3, -0.25) is 0 Å². The van der Waals surface area contributed by atoms with Gasteiger partial charge in [-0.25, -0.2) is 13.4 Å². The Hall–Kier alpha value is -1.55. The molecule has 1 aromatic rings. The van der Waals surface area contributed by atoms with E-state index in [0.717, 1.165) is 30.0 Å². The van der Waals surface area contributed by atoms with Gasteiger partial charge in [0.1, 0.15) is 5.82 Å². The highest BCUT2D eigenvalue weighted by atomic mass is 32.2. The molecule has 0 spiro atoms. The average Bonchev–Trinajstić information content (AvgIpc) is 3.02. The summed E-state index contributed by atoms with van der Waals surface area (Å²) in [5, 5.41) is 3.17. The van der Waals surface area contributed by atoms with Crippen LogP contribution in [-0.4, -0.2) is 55.9 Å². The van der Waals surface area contributed by atoms with Gasteiger partial charge >= 0.3 is 15.5 Å². The number of fused-ring (bicyclic) bond motifs is 1. The van der Waals surface area contributed by atoms with Crippen molar-refractivity contribution in [3.63, 3.8) is 0 Å². The Kier molecular flexibility index (Phi) is 4.61. The zero-order valence-electron chi connectivity index (χ0n) is 14.0. The van der Waals surface area contributed by atoms with Crippen LogP contribution >= 0.6 is 0 Å². The third-order valence-corrected chi connectivity index (χ3v) is 6.69. The van der Waals surface area contributed by atoms with E-state index in [1.165, 1.54) is 0 Å². The number of rotatable bonds is 3. The van der Waals surface area contributed by atoms with E-state index in [1.54, 1.807) is 13.2 Å². The largest absolute Gasteiger partial charge is 0.511 e. The molecule has 1 N–H and O–H groups in total. The van der Waals surface area contributed by atoms with Gasteiger partial charge in [-0.15, -0.1) is 0 Å². The van der Waals surface area contributed by atoms with Crippen molar-refractivity contribution in [2.24, 2.45) is 5.92 Å². The highest BCUT2D eigenvalue weighted by Crippen LogP contribution is 2.35. The van der Waals surface area contributed by atoms with Crippen molar-refractivity contribution < 1.29 is 21.6 Å². The lowest BCUT2D eigenvalue weighted by Crippen LogP contribution is -2.55. The zero-order valence-corrected chi connectivity index (χ0v) is 14.9. The molecule has 10 heteroatoms. The number of alkyl halides is 3. The lowest BCUT2D eigenvalue weighted by molar-refractivity contribution is -0.0498. The second kappa shape index (κ2) is 6.31. The first-order chi connectivity index (χ1) is 11.6. The number of sulfonamides is 1. The van der Waals surface area contributed by atoms with Crippen LogP contribution in [0.5, 0.6) is 0 Å². The fourth-order valence-electron chi connectivity index (χ4n) is 3.58. The molecule has 0 saturated carbocycles. The summed E-state index contributed by atoms with van der Waals surface area (Å²) in [6.07, 6.45) is 2.82. The van der Waals surface area contributed by atoms with Gasteiger partial charge in [-0.2, -0.15) is 17.5 Å². The minimum atomic E-state index is -5.30. The number of nitrogens with one attached hydrogen (secondary N) is 1. The molecule has 1 fully saturated rings. The SMILES string of the molecule is C[C@@H]1CCN(S(=O)(=O)C(F)(F)F)CC1N(C)c1ccnc2c1CCN2. The number of anilines is 2. The Morgan fingerprint density at radius 2 is 2.12 bits per heavy atom. The van der Waals surface area contributed by atoms with Crippen LogP contribution in [0, 0.1) is 5.92 Å². The summed E-state index contributed by atoms with van der Waals surface area (Å²) >= 11 is 0. The van der Waals surface area contributed by atoms with Crippen LogP contribution in [0.15, 0.2) is 12.3 Å². The first kappa shape index (κ1) is 18.2. The fourth-order valence-corrected chi connectivity index (χ4v) is 4.57. The van der Waals surface area contributed by atoms with E-state index in [-0.39, 0.29) is 25.0 Å². The van der Waals surface area contributed by atoms with Crippen LogP contribution < -0.4 is 10.2 Å². The van der Waals surface area contributed by atoms with Crippen molar-refractivity contribution in [3.05, 3.63) is 17.8 Å². The number of likely N-dealkylation sites (N-methyl/N-ethyl adjacent to an activating group) is 1. The summed E-state index contributed by atoms with van der Waals surface area (Å²) in [6, 6.07) is 1.49. The van der Waals surface area contributed by atoms with Gasteiger partial charge < -0.3 is 10.2 Å². The van der Waals surface area contributed by atoms with Gasteiger partial charge in [-0.1, -0.05) is 6.92 Å². The molecular weight excluding hydrogens is 357 g/mol. The third kappa shape index (κ3) is 3.17. The number of nitrogens with zero attached hydrogens (tertiary/aromatic N) is 3. The summed E-state index contributed by atoms with van der Waals surface area (Å²) in [4.78, 5) is 6.16. The van der Waals surface area contributed by atoms with Gasteiger partial charge in [0.15, 0.2) is 0 Å². The smallest absolute Gasteiger partial charge is 0.370 e. The molecule has 0 aromatic carbocycles. The molecule has 1 unspecified atom stereocenters. The molecule has 0 radical (unpaired) electrons. The van der Waals surface area contributed by atoms with E-state index < -0.39 is 15.5 Å². The van der Waals surface area contributed by atoms with Gasteiger partial charge in [0.05, 0.1) is 0 Å². The van der Waals surface area contributed by atoms with E-state index in [4.69, 9.17) is 0 Å². The maximum absolute atomic E-state index is 12.9. The predicted octanol–water partition coefficient (Wildman–Crippen LogP) is 2.05. The molecule has 140 valence electrons. The number of halogens is 3. The molecule has 0 aliphatic carbocycles. The molecule has 2 aliphatic rings. The van der Waals surface area contributed by atoms with Crippen molar-refractivity contribution in [3.8, 4) is 0 Å². The van der Waals surface area contributed by atoms with Gasteiger partial charge in [0.25, 0.3) is 0 Å². The molecule has 2 atom stereocenters. The summed E-state index contributed by atoms with van der Waals surface area (Å²) in [5.74, 6) is 0.857. The standard InChI is InChI=1S/C15H21F3N4O2S/c1-10-5-8-22(25(23,24)15(16,17)18)9-13(10)21(2)12-4-7-20-14-11(12)3-6-19-14/h4,7,10,13H,3,5-6,8-9H2,1-2H3,(H,19,20)/t10-,13?/m1/s1. The molecule has 25 heavy (non-hydrogen) atoms. The number of aromatic nitrogens is 1. The Balaban J connectivity index is 1.87. The lowest BCUT2D eigenvalue weighted by Gasteiger charge is -2.42. The van der Waals surface area contributed by atoms with Crippen LogP contribution in [0.25, 0.3) is 0 Å². The number of piperidine rings is 1. The maximum Gasteiger partial charge on any atom is 0.511 e. The number of hydrogen-bond acceptors (Lipinski definition) is 5. The quantitative estimate of drug-likeness (QED) is 0.872. The first-order valence-corrected chi connectivity index (χ1v) is 9.58. The highest BCUT2D eigenvalue weighted by molar-refractivity contribution is 7.90. The lowest BCUT2D eigenvalue weighted by atomic mass is 9.93. The van der Waals surface area contributed by atoms with E-state index in [0.29, 0.717) is 10.7 Å². The van der Waals surface area contributed by atoms with E-state index in [9.17, 15) is 21.6 Å². The molecule has 1 saturated heterocycles. The van der Waals surface area contributed by atoms with Crippen molar-refractivity contribution >= 4 is 21.5 Å².